The van der Waals surface area contributed by atoms with Crippen molar-refractivity contribution in [3.8, 4) is 0 Å². The van der Waals surface area contributed by atoms with E-state index in [1.807, 2.05) is 49.4 Å². The molecule has 3 heteroatoms. The highest BCUT2D eigenvalue weighted by atomic mass is 16.3. The number of benzene rings is 2. The molecule has 0 fully saturated rings. The van der Waals surface area contributed by atoms with E-state index in [1.54, 1.807) is 0 Å². The Balaban J connectivity index is 2.26. The van der Waals surface area contributed by atoms with Crippen molar-refractivity contribution in [2.24, 2.45) is 0 Å². The minimum atomic E-state index is -0.0721. The third kappa shape index (κ3) is 3.12. The second-order valence-electron chi connectivity index (χ2n) is 4.62. The van der Waals surface area contributed by atoms with Crippen LogP contribution in [0.15, 0.2) is 42.5 Å². The van der Waals surface area contributed by atoms with Crippen LogP contribution in [0.4, 0.5) is 0 Å². The van der Waals surface area contributed by atoms with Crippen molar-refractivity contribution in [2.45, 2.75) is 25.8 Å². The Morgan fingerprint density at radius 1 is 1.21 bits per heavy atom. The van der Waals surface area contributed by atoms with Crippen molar-refractivity contribution < 1.29 is 9.90 Å². The van der Waals surface area contributed by atoms with Gasteiger partial charge in [-0.2, -0.15) is 0 Å². The molecule has 0 unspecified atom stereocenters. The van der Waals surface area contributed by atoms with Gasteiger partial charge in [0, 0.05) is 18.2 Å². The van der Waals surface area contributed by atoms with Crippen LogP contribution in [0.2, 0.25) is 0 Å². The van der Waals surface area contributed by atoms with Gasteiger partial charge < -0.3 is 10.4 Å². The molecule has 1 atom stereocenters. The zero-order valence-electron chi connectivity index (χ0n) is 11.1. The van der Waals surface area contributed by atoms with E-state index < -0.39 is 0 Å². The molecule has 0 spiro atoms. The summed E-state index contributed by atoms with van der Waals surface area (Å²) in [5.74, 6) is -0.0721. The zero-order valence-corrected chi connectivity index (χ0v) is 11.1. The van der Waals surface area contributed by atoms with Crippen LogP contribution in [0.3, 0.4) is 0 Å². The predicted octanol–water partition coefficient (Wildman–Crippen LogP) is 2.73. The molecule has 2 N–H and O–H groups in total. The van der Waals surface area contributed by atoms with Gasteiger partial charge in [-0.3, -0.25) is 4.79 Å². The van der Waals surface area contributed by atoms with Gasteiger partial charge in [-0.25, -0.2) is 0 Å². The predicted molar refractivity (Wildman–Crippen MR) is 77.2 cm³/mol. The van der Waals surface area contributed by atoms with Crippen molar-refractivity contribution >= 4 is 16.7 Å². The highest BCUT2D eigenvalue weighted by Crippen LogP contribution is 2.18. The number of carbonyl (C=O) groups is 1. The van der Waals surface area contributed by atoms with Gasteiger partial charge in [-0.05, 0) is 29.7 Å². The number of nitrogens with one attached hydrogen (secondary N) is 1. The molecule has 19 heavy (non-hydrogen) atoms. The van der Waals surface area contributed by atoms with E-state index >= 15 is 0 Å². The van der Waals surface area contributed by atoms with Crippen molar-refractivity contribution in [1.29, 1.82) is 0 Å². The first-order chi connectivity index (χ1) is 9.26. The molecule has 0 saturated carbocycles. The Morgan fingerprint density at radius 2 is 1.95 bits per heavy atom. The average Bonchev–Trinajstić information content (AvgIpc) is 2.46. The van der Waals surface area contributed by atoms with Crippen LogP contribution >= 0.6 is 0 Å². The number of aliphatic hydroxyl groups excluding tert-OH is 1. The molecule has 2 rings (SSSR count). The summed E-state index contributed by atoms with van der Waals surface area (Å²) in [4.78, 5) is 12.3. The number of hydrogen-bond acceptors (Lipinski definition) is 2. The molecule has 0 aromatic heterocycles. The number of amides is 1. The first-order valence-corrected chi connectivity index (χ1v) is 6.65. The molecule has 0 heterocycles. The van der Waals surface area contributed by atoms with E-state index in [2.05, 4.69) is 5.32 Å². The fourth-order valence-corrected chi connectivity index (χ4v) is 2.22. The number of rotatable bonds is 5. The maximum absolute atomic E-state index is 12.3. The minimum absolute atomic E-state index is 0.0245. The van der Waals surface area contributed by atoms with Crippen molar-refractivity contribution in [3.05, 3.63) is 48.0 Å². The van der Waals surface area contributed by atoms with Gasteiger partial charge in [-0.15, -0.1) is 0 Å². The second-order valence-corrected chi connectivity index (χ2v) is 4.62. The molecule has 2 aromatic rings. The highest BCUT2D eigenvalue weighted by Gasteiger charge is 2.13. The number of fused-ring (bicyclic) bond motifs is 1. The van der Waals surface area contributed by atoms with Crippen LogP contribution in [0.1, 0.15) is 30.1 Å². The highest BCUT2D eigenvalue weighted by molar-refractivity contribution is 6.07. The van der Waals surface area contributed by atoms with Gasteiger partial charge in [0.1, 0.15) is 0 Å². The Bertz CT molecular complexity index is 560. The van der Waals surface area contributed by atoms with Gasteiger partial charge >= 0.3 is 0 Å². The lowest BCUT2D eigenvalue weighted by atomic mass is 10.0. The fraction of sp³-hybridized carbons (Fsp3) is 0.312. The van der Waals surface area contributed by atoms with Crippen LogP contribution < -0.4 is 5.32 Å². The van der Waals surface area contributed by atoms with Crippen LogP contribution in [-0.2, 0) is 0 Å². The molecule has 100 valence electrons. The lowest BCUT2D eigenvalue weighted by Crippen LogP contribution is -2.35. The van der Waals surface area contributed by atoms with E-state index in [-0.39, 0.29) is 18.6 Å². The Morgan fingerprint density at radius 3 is 2.68 bits per heavy atom. The monoisotopic (exact) mass is 257 g/mol. The molecule has 1 amide bonds. The van der Waals surface area contributed by atoms with Gasteiger partial charge in [0.2, 0.25) is 0 Å². The first-order valence-electron chi connectivity index (χ1n) is 6.65. The number of aliphatic hydroxyl groups is 1. The van der Waals surface area contributed by atoms with Crippen LogP contribution in [0, 0.1) is 0 Å². The summed E-state index contributed by atoms with van der Waals surface area (Å²) >= 11 is 0. The summed E-state index contributed by atoms with van der Waals surface area (Å²) in [6.07, 6.45) is 1.41. The maximum atomic E-state index is 12.3. The van der Waals surface area contributed by atoms with E-state index in [4.69, 9.17) is 5.11 Å². The van der Waals surface area contributed by atoms with Crippen LogP contribution in [0.25, 0.3) is 10.8 Å². The maximum Gasteiger partial charge on any atom is 0.252 e. The quantitative estimate of drug-likeness (QED) is 0.865. The fourth-order valence-electron chi connectivity index (χ4n) is 2.22. The summed E-state index contributed by atoms with van der Waals surface area (Å²) in [5, 5.41) is 14.0. The SMILES string of the molecule is CC[C@H](CCO)NC(=O)c1cccc2ccccc12. The lowest BCUT2D eigenvalue weighted by Gasteiger charge is -2.16. The Labute approximate surface area is 113 Å². The number of carbonyl (C=O) groups excluding carboxylic acids is 1. The summed E-state index contributed by atoms with van der Waals surface area (Å²) in [5.41, 5.74) is 0.689. The zero-order chi connectivity index (χ0) is 13.7. The molecule has 2 aromatic carbocycles. The summed E-state index contributed by atoms with van der Waals surface area (Å²) in [7, 11) is 0. The molecule has 0 aliphatic carbocycles. The Hall–Kier alpha value is -1.87. The van der Waals surface area contributed by atoms with Crippen LogP contribution in [0.5, 0.6) is 0 Å². The van der Waals surface area contributed by atoms with Crippen molar-refractivity contribution in [1.82, 2.24) is 5.32 Å². The van der Waals surface area contributed by atoms with Gasteiger partial charge in [0.15, 0.2) is 0 Å². The third-order valence-corrected chi connectivity index (χ3v) is 3.34. The smallest absolute Gasteiger partial charge is 0.252 e. The van der Waals surface area contributed by atoms with Gasteiger partial charge in [0.05, 0.1) is 0 Å². The normalized spacial score (nSPS) is 12.3. The first kappa shape index (κ1) is 13.6. The van der Waals surface area contributed by atoms with Gasteiger partial charge in [0.25, 0.3) is 5.91 Å². The van der Waals surface area contributed by atoms with E-state index in [0.717, 1.165) is 17.2 Å². The van der Waals surface area contributed by atoms with E-state index in [9.17, 15) is 4.79 Å². The molecule has 3 nitrogen and oxygen atoms in total. The van der Waals surface area contributed by atoms with Crippen molar-refractivity contribution in [3.63, 3.8) is 0 Å². The standard InChI is InChI=1S/C16H19NO2/c1-2-13(10-11-18)17-16(19)15-9-5-7-12-6-3-4-8-14(12)15/h3-9,13,18H,2,10-11H2,1H3,(H,17,19)/t13-/m1/s1. The summed E-state index contributed by atoms with van der Waals surface area (Å²) in [6.45, 7) is 2.10. The van der Waals surface area contributed by atoms with Gasteiger partial charge in [-0.1, -0.05) is 43.3 Å². The summed E-state index contributed by atoms with van der Waals surface area (Å²) < 4.78 is 0. The van der Waals surface area contributed by atoms with Crippen molar-refractivity contribution in [2.75, 3.05) is 6.61 Å². The van der Waals surface area contributed by atoms with E-state index in [0.29, 0.717) is 12.0 Å². The summed E-state index contributed by atoms with van der Waals surface area (Å²) in [6, 6.07) is 13.6. The van der Waals surface area contributed by atoms with Crippen LogP contribution in [-0.4, -0.2) is 23.7 Å². The molecule has 0 radical (unpaired) electrons. The molecular weight excluding hydrogens is 238 g/mol. The molecular formula is C16H19NO2. The van der Waals surface area contributed by atoms with E-state index in [1.165, 1.54) is 0 Å². The second kappa shape index (κ2) is 6.34. The minimum Gasteiger partial charge on any atom is -0.396 e. The topological polar surface area (TPSA) is 49.3 Å². The largest absolute Gasteiger partial charge is 0.396 e. The number of hydrogen-bond donors (Lipinski definition) is 2. The molecule has 0 saturated heterocycles. The third-order valence-electron chi connectivity index (χ3n) is 3.34. The average molecular weight is 257 g/mol. The molecule has 0 aliphatic heterocycles. The molecule has 0 bridgehead atoms. The molecule has 0 aliphatic rings. The lowest BCUT2D eigenvalue weighted by molar-refractivity contribution is 0.0931. The Kier molecular flexibility index (Phi) is 4.53.